The van der Waals surface area contributed by atoms with Gasteiger partial charge in [-0.1, -0.05) is 25.7 Å². The first-order chi connectivity index (χ1) is 19.4. The number of carbonyl (C=O) groups is 4. The number of piperidine rings is 1. The van der Waals surface area contributed by atoms with Gasteiger partial charge in [-0.25, -0.2) is 9.97 Å². The van der Waals surface area contributed by atoms with Crippen molar-refractivity contribution in [3.8, 4) is 0 Å². The molecule has 4 heterocycles. The fourth-order valence-electron chi connectivity index (χ4n) is 6.73. The first-order valence-corrected chi connectivity index (χ1v) is 14.7. The molecule has 11 nitrogen and oxygen atoms in total. The lowest BCUT2D eigenvalue weighted by molar-refractivity contribution is -0.154. The molecule has 0 bridgehead atoms. The van der Waals surface area contributed by atoms with Gasteiger partial charge in [-0.2, -0.15) is 0 Å². The standard InChI is InChI=1S/C29H40N6O5/c36-19-30-12-5-3-1-2-4-6-13-34-14-11-21-22(31-18-32-26(21)34)8-7-20-15-29(16-20)17-25(38)35(28(29)40)23-9-10-24(37)33-27(23)39/h11,14,18,20,23,30,36H,1-10,12-13,15-17,19H2,(H,33,37,39). The quantitative estimate of drug-likeness (QED) is 0.184. The van der Waals surface area contributed by atoms with Gasteiger partial charge in [-0.3, -0.25) is 34.7 Å². The monoisotopic (exact) mass is 552 g/mol. The summed E-state index contributed by atoms with van der Waals surface area (Å²) in [6.07, 6.45) is 14.2. The SMILES string of the molecule is O=C1CCC(N2C(=O)CC3(CC(CCc4ncnc5c4ccn5CCCCCCCCNCO)C3)C2=O)C(=O)N1. The number of aromatic nitrogens is 3. The number of aryl methyl sites for hydroxylation is 2. The third-order valence-electron chi connectivity index (χ3n) is 8.85. The molecule has 2 aromatic heterocycles. The summed E-state index contributed by atoms with van der Waals surface area (Å²) in [5, 5.41) is 15.0. The van der Waals surface area contributed by atoms with Crippen molar-refractivity contribution < 1.29 is 24.3 Å². The van der Waals surface area contributed by atoms with Crippen molar-refractivity contribution in [3.05, 3.63) is 24.3 Å². The molecule has 11 heteroatoms. The van der Waals surface area contributed by atoms with Crippen LogP contribution in [0.1, 0.15) is 82.7 Å². The number of hydrogen-bond acceptors (Lipinski definition) is 8. The van der Waals surface area contributed by atoms with E-state index in [0.717, 1.165) is 60.4 Å². The number of rotatable bonds is 14. The topological polar surface area (TPSA) is 147 Å². The summed E-state index contributed by atoms with van der Waals surface area (Å²) in [4.78, 5) is 60.0. The highest BCUT2D eigenvalue weighted by atomic mass is 16.3. The van der Waals surface area contributed by atoms with Crippen LogP contribution in [0.25, 0.3) is 11.0 Å². The van der Waals surface area contributed by atoms with Gasteiger partial charge < -0.3 is 9.67 Å². The Labute approximate surface area is 234 Å². The molecule has 3 N–H and O–H groups in total. The number of nitrogens with one attached hydrogen (secondary N) is 2. The summed E-state index contributed by atoms with van der Waals surface area (Å²) >= 11 is 0. The van der Waals surface area contributed by atoms with E-state index in [1.54, 1.807) is 6.33 Å². The average Bonchev–Trinajstić information content (AvgIpc) is 3.44. The predicted octanol–water partition coefficient (Wildman–Crippen LogP) is 2.20. The van der Waals surface area contributed by atoms with Crippen molar-refractivity contribution >= 4 is 34.7 Å². The van der Waals surface area contributed by atoms with E-state index in [2.05, 4.69) is 37.4 Å². The van der Waals surface area contributed by atoms with Crippen LogP contribution < -0.4 is 10.6 Å². The van der Waals surface area contributed by atoms with Crippen molar-refractivity contribution in [2.45, 2.75) is 96.1 Å². The number of nitrogens with zero attached hydrogens (tertiary/aromatic N) is 4. The highest BCUT2D eigenvalue weighted by molar-refractivity contribution is 6.11. The Kier molecular flexibility index (Phi) is 8.90. The number of likely N-dealkylation sites (tertiary alicyclic amines) is 1. The molecule has 1 saturated carbocycles. The van der Waals surface area contributed by atoms with Gasteiger partial charge in [0.25, 0.3) is 0 Å². The molecule has 3 aliphatic rings. The lowest BCUT2D eigenvalue weighted by Gasteiger charge is -2.43. The molecule has 40 heavy (non-hydrogen) atoms. The second-order valence-corrected chi connectivity index (χ2v) is 11.7. The van der Waals surface area contributed by atoms with Crippen LogP contribution in [0, 0.1) is 11.3 Å². The number of imide groups is 2. The predicted molar refractivity (Wildman–Crippen MR) is 146 cm³/mol. The zero-order valence-electron chi connectivity index (χ0n) is 23.1. The Morgan fingerprint density at radius 3 is 2.60 bits per heavy atom. The number of carbonyl (C=O) groups excluding carboxylic acids is 4. The van der Waals surface area contributed by atoms with Crippen molar-refractivity contribution in [2.75, 3.05) is 13.3 Å². The highest BCUT2D eigenvalue weighted by Crippen LogP contribution is 2.55. The molecule has 5 rings (SSSR count). The van der Waals surface area contributed by atoms with Crippen LogP contribution in [0.4, 0.5) is 0 Å². The number of unbranched alkanes of at least 4 members (excludes halogenated alkanes) is 5. The molecule has 216 valence electrons. The lowest BCUT2D eigenvalue weighted by atomic mass is 9.59. The summed E-state index contributed by atoms with van der Waals surface area (Å²) in [7, 11) is 0. The number of aliphatic hydroxyl groups is 1. The molecule has 2 aliphatic heterocycles. The zero-order valence-corrected chi connectivity index (χ0v) is 23.1. The van der Waals surface area contributed by atoms with Crippen molar-refractivity contribution in [1.29, 1.82) is 0 Å². The maximum absolute atomic E-state index is 13.2. The molecule has 0 radical (unpaired) electrons. The smallest absolute Gasteiger partial charge is 0.249 e. The molecule has 1 atom stereocenters. The summed E-state index contributed by atoms with van der Waals surface area (Å²) in [6.45, 7) is 1.85. The van der Waals surface area contributed by atoms with E-state index >= 15 is 0 Å². The van der Waals surface area contributed by atoms with Crippen LogP contribution in [-0.2, 0) is 32.1 Å². The van der Waals surface area contributed by atoms with Crippen LogP contribution in [0.2, 0.25) is 0 Å². The minimum absolute atomic E-state index is 0.0492. The second kappa shape index (κ2) is 12.6. The average molecular weight is 553 g/mol. The van der Waals surface area contributed by atoms with Crippen LogP contribution in [0.3, 0.4) is 0 Å². The van der Waals surface area contributed by atoms with Gasteiger partial charge in [0.05, 0.1) is 17.8 Å². The van der Waals surface area contributed by atoms with E-state index in [1.165, 1.54) is 25.7 Å². The summed E-state index contributed by atoms with van der Waals surface area (Å²) in [5.41, 5.74) is 1.28. The molecular weight excluding hydrogens is 512 g/mol. The van der Waals surface area contributed by atoms with Crippen molar-refractivity contribution in [3.63, 3.8) is 0 Å². The molecule has 3 fully saturated rings. The molecule has 2 aromatic rings. The van der Waals surface area contributed by atoms with E-state index in [0.29, 0.717) is 18.8 Å². The lowest BCUT2D eigenvalue weighted by Crippen LogP contribution is -2.56. The van der Waals surface area contributed by atoms with Crippen LogP contribution in [0.5, 0.6) is 0 Å². The normalized spacial score (nSPS) is 24.8. The van der Waals surface area contributed by atoms with Gasteiger partial charge in [-0.15, -0.1) is 0 Å². The maximum atomic E-state index is 13.2. The van der Waals surface area contributed by atoms with Gasteiger partial charge in [0.15, 0.2) is 0 Å². The maximum Gasteiger partial charge on any atom is 0.249 e. The molecular formula is C29H40N6O5. The van der Waals surface area contributed by atoms with Crippen LogP contribution >= 0.6 is 0 Å². The van der Waals surface area contributed by atoms with Gasteiger partial charge in [-0.05, 0) is 63.5 Å². The van der Waals surface area contributed by atoms with E-state index < -0.39 is 17.4 Å². The number of amides is 4. The molecule has 1 unspecified atom stereocenters. The molecule has 4 amide bonds. The van der Waals surface area contributed by atoms with Crippen LogP contribution in [-0.4, -0.2) is 67.5 Å². The van der Waals surface area contributed by atoms with E-state index in [9.17, 15) is 19.2 Å². The minimum Gasteiger partial charge on any atom is -0.381 e. The highest BCUT2D eigenvalue weighted by Gasteiger charge is 2.60. The second-order valence-electron chi connectivity index (χ2n) is 11.7. The Morgan fingerprint density at radius 1 is 1.05 bits per heavy atom. The minimum atomic E-state index is -0.866. The zero-order chi connectivity index (χ0) is 28.1. The third kappa shape index (κ3) is 5.95. The van der Waals surface area contributed by atoms with E-state index in [1.807, 2.05) is 0 Å². The number of aliphatic hydroxyl groups excluding tert-OH is 1. The summed E-state index contributed by atoms with van der Waals surface area (Å²) in [5.74, 6) is -1.13. The van der Waals surface area contributed by atoms with Gasteiger partial charge in [0, 0.05) is 31.0 Å². The van der Waals surface area contributed by atoms with Crippen molar-refractivity contribution in [1.82, 2.24) is 30.1 Å². The van der Waals surface area contributed by atoms with E-state index in [-0.39, 0.29) is 43.7 Å². The first-order valence-electron chi connectivity index (χ1n) is 14.7. The van der Waals surface area contributed by atoms with Gasteiger partial charge in [0.2, 0.25) is 23.6 Å². The Morgan fingerprint density at radius 2 is 1.82 bits per heavy atom. The van der Waals surface area contributed by atoms with Crippen LogP contribution in [0.15, 0.2) is 18.6 Å². The summed E-state index contributed by atoms with van der Waals surface area (Å²) < 4.78 is 2.20. The third-order valence-corrected chi connectivity index (χ3v) is 8.85. The first kappa shape index (κ1) is 28.4. The summed E-state index contributed by atoms with van der Waals surface area (Å²) in [6, 6.07) is 1.23. The Bertz CT molecular complexity index is 1250. The largest absolute Gasteiger partial charge is 0.381 e. The fourth-order valence-corrected chi connectivity index (χ4v) is 6.73. The Hall–Kier alpha value is -3.18. The fraction of sp³-hybridized carbons (Fsp3) is 0.655. The molecule has 1 spiro atoms. The van der Waals surface area contributed by atoms with Gasteiger partial charge >= 0.3 is 0 Å². The number of fused-ring (bicyclic) bond motifs is 1. The molecule has 0 aromatic carbocycles. The van der Waals surface area contributed by atoms with Crippen molar-refractivity contribution in [2.24, 2.45) is 11.3 Å². The molecule has 2 saturated heterocycles. The van der Waals surface area contributed by atoms with Gasteiger partial charge in [0.1, 0.15) is 18.0 Å². The number of hydrogen-bond donors (Lipinski definition) is 3. The Balaban J connectivity index is 1.08. The van der Waals surface area contributed by atoms with E-state index in [4.69, 9.17) is 5.11 Å². The molecule has 1 aliphatic carbocycles.